The minimum atomic E-state index is -1.12. The number of carbonyl (C=O) groups is 1. The van der Waals surface area contributed by atoms with Crippen LogP contribution in [-0.2, 0) is 5.60 Å². The third kappa shape index (κ3) is 2.90. The maximum absolute atomic E-state index is 13.2. The smallest absolute Gasteiger partial charge is 0.257 e. The number of benzene rings is 1. The van der Waals surface area contributed by atoms with Gasteiger partial charge in [0.1, 0.15) is 17.1 Å². The van der Waals surface area contributed by atoms with Crippen LogP contribution in [0.2, 0.25) is 0 Å². The van der Waals surface area contributed by atoms with Crippen LogP contribution < -0.4 is 4.74 Å². The van der Waals surface area contributed by atoms with Gasteiger partial charge in [0.2, 0.25) is 0 Å². The van der Waals surface area contributed by atoms with Crippen LogP contribution >= 0.6 is 0 Å². The number of nitrogens with zero attached hydrogens (tertiary/aromatic N) is 1. The second-order valence-electron chi connectivity index (χ2n) is 7.51. The highest BCUT2D eigenvalue weighted by Gasteiger charge is 2.44. The molecule has 2 atom stereocenters. The Morgan fingerprint density at radius 2 is 1.96 bits per heavy atom. The zero-order valence-electron chi connectivity index (χ0n) is 15.3. The lowest BCUT2D eigenvalue weighted by Gasteiger charge is -2.37. The molecule has 1 aliphatic heterocycles. The Hall–Kier alpha value is -2.27. The summed E-state index contributed by atoms with van der Waals surface area (Å²) in [4.78, 5) is 15.0. The summed E-state index contributed by atoms with van der Waals surface area (Å²) in [6, 6.07) is 8.93. The van der Waals surface area contributed by atoms with Crippen LogP contribution in [0.3, 0.4) is 0 Å². The van der Waals surface area contributed by atoms with E-state index in [1.165, 1.54) is 0 Å². The van der Waals surface area contributed by atoms with E-state index in [0.29, 0.717) is 18.0 Å². The molecular formula is C21H25NO4. The number of hydrogen-bond donors (Lipinski definition) is 1. The van der Waals surface area contributed by atoms with Gasteiger partial charge in [-0.15, -0.1) is 0 Å². The molecule has 2 heterocycles. The molecule has 2 aromatic rings. The molecule has 5 nitrogen and oxygen atoms in total. The summed E-state index contributed by atoms with van der Waals surface area (Å²) in [5.41, 5.74) is 0.324. The van der Waals surface area contributed by atoms with E-state index >= 15 is 0 Å². The monoisotopic (exact) mass is 355 g/mol. The van der Waals surface area contributed by atoms with Gasteiger partial charge in [-0.3, -0.25) is 4.79 Å². The summed E-state index contributed by atoms with van der Waals surface area (Å²) in [6.07, 6.45) is 5.44. The molecule has 1 aliphatic carbocycles. The molecule has 138 valence electrons. The van der Waals surface area contributed by atoms with Crippen LogP contribution in [-0.4, -0.2) is 35.6 Å². The zero-order valence-corrected chi connectivity index (χ0v) is 15.3. The standard InChI is InChI=1S/C21H25NO4/c1-21(24,15-7-9-16(25-2)10-8-15)18-4-3-12-22(18)20(23)17-11-13-26-19(17)14-5-6-14/h7-11,13-14,18,24H,3-6,12H2,1-2H3. The fourth-order valence-electron chi connectivity index (χ4n) is 4.03. The highest BCUT2D eigenvalue weighted by molar-refractivity contribution is 5.96. The van der Waals surface area contributed by atoms with E-state index in [0.717, 1.165) is 42.8 Å². The van der Waals surface area contributed by atoms with E-state index < -0.39 is 5.60 Å². The Bertz CT molecular complexity index is 789. The van der Waals surface area contributed by atoms with Gasteiger partial charge in [0.05, 0.1) is 25.0 Å². The average molecular weight is 355 g/mol. The molecule has 1 aromatic carbocycles. The van der Waals surface area contributed by atoms with Crippen LogP contribution in [0.5, 0.6) is 5.75 Å². The van der Waals surface area contributed by atoms with Crippen molar-refractivity contribution in [3.8, 4) is 5.75 Å². The highest BCUT2D eigenvalue weighted by atomic mass is 16.5. The van der Waals surface area contributed by atoms with E-state index in [1.807, 2.05) is 29.2 Å². The lowest BCUT2D eigenvalue weighted by Crippen LogP contribution is -2.48. The number of ether oxygens (including phenoxy) is 1. The average Bonchev–Trinajstić information content (AvgIpc) is 3.18. The molecule has 5 heteroatoms. The Balaban J connectivity index is 1.60. The second kappa shape index (κ2) is 6.47. The first-order chi connectivity index (χ1) is 12.5. The van der Waals surface area contributed by atoms with Gasteiger partial charge in [0.25, 0.3) is 5.91 Å². The van der Waals surface area contributed by atoms with E-state index in [9.17, 15) is 9.90 Å². The molecule has 2 unspecified atom stereocenters. The maximum Gasteiger partial charge on any atom is 0.257 e. The molecule has 1 amide bonds. The van der Waals surface area contributed by atoms with Crippen LogP contribution in [0.25, 0.3) is 0 Å². The highest BCUT2D eigenvalue weighted by Crippen LogP contribution is 2.43. The van der Waals surface area contributed by atoms with Crippen molar-refractivity contribution in [1.29, 1.82) is 0 Å². The van der Waals surface area contributed by atoms with Crippen LogP contribution in [0.4, 0.5) is 0 Å². The summed E-state index contributed by atoms with van der Waals surface area (Å²) < 4.78 is 10.8. The van der Waals surface area contributed by atoms with Gasteiger partial charge in [-0.05, 0) is 56.4 Å². The summed E-state index contributed by atoms with van der Waals surface area (Å²) in [5, 5.41) is 11.3. The molecule has 1 N–H and O–H groups in total. The number of furan rings is 1. The summed E-state index contributed by atoms with van der Waals surface area (Å²) in [6.45, 7) is 2.45. The lowest BCUT2D eigenvalue weighted by atomic mass is 9.86. The number of methoxy groups -OCH3 is 1. The van der Waals surface area contributed by atoms with Gasteiger partial charge in [-0.1, -0.05) is 12.1 Å². The van der Waals surface area contributed by atoms with Crippen molar-refractivity contribution in [2.75, 3.05) is 13.7 Å². The molecule has 0 bridgehead atoms. The molecule has 0 spiro atoms. The van der Waals surface area contributed by atoms with E-state index in [2.05, 4.69) is 0 Å². The first-order valence-electron chi connectivity index (χ1n) is 9.27. The molecule has 4 rings (SSSR count). The largest absolute Gasteiger partial charge is 0.497 e. The van der Waals surface area contributed by atoms with Crippen molar-refractivity contribution in [3.63, 3.8) is 0 Å². The third-order valence-electron chi connectivity index (χ3n) is 5.71. The quantitative estimate of drug-likeness (QED) is 0.889. The van der Waals surface area contributed by atoms with Crippen LogP contribution in [0, 0.1) is 0 Å². The van der Waals surface area contributed by atoms with Crippen molar-refractivity contribution in [3.05, 3.63) is 53.5 Å². The molecule has 2 fully saturated rings. The molecule has 26 heavy (non-hydrogen) atoms. The first-order valence-corrected chi connectivity index (χ1v) is 9.27. The second-order valence-corrected chi connectivity index (χ2v) is 7.51. The Morgan fingerprint density at radius 3 is 2.62 bits per heavy atom. The van der Waals surface area contributed by atoms with Gasteiger partial charge in [-0.25, -0.2) is 0 Å². The van der Waals surface area contributed by atoms with Crippen molar-refractivity contribution < 1.29 is 19.1 Å². The number of amides is 1. The number of hydrogen-bond acceptors (Lipinski definition) is 4. The molecular weight excluding hydrogens is 330 g/mol. The van der Waals surface area contributed by atoms with Gasteiger partial charge in [-0.2, -0.15) is 0 Å². The fourth-order valence-corrected chi connectivity index (χ4v) is 4.03. The fraction of sp³-hybridized carbons (Fsp3) is 0.476. The van der Waals surface area contributed by atoms with E-state index in [-0.39, 0.29) is 11.9 Å². The number of aliphatic hydroxyl groups is 1. The predicted molar refractivity (Wildman–Crippen MR) is 97.3 cm³/mol. The van der Waals surface area contributed by atoms with E-state index in [4.69, 9.17) is 9.15 Å². The minimum Gasteiger partial charge on any atom is -0.497 e. The van der Waals surface area contributed by atoms with Gasteiger partial charge in [0, 0.05) is 12.5 Å². The third-order valence-corrected chi connectivity index (χ3v) is 5.71. The van der Waals surface area contributed by atoms with Gasteiger partial charge >= 0.3 is 0 Å². The topological polar surface area (TPSA) is 62.9 Å². The summed E-state index contributed by atoms with van der Waals surface area (Å²) >= 11 is 0. The van der Waals surface area contributed by atoms with Gasteiger partial charge in [0.15, 0.2) is 0 Å². The summed E-state index contributed by atoms with van der Waals surface area (Å²) in [5.74, 6) is 1.91. The SMILES string of the molecule is COc1ccc(C(C)(O)C2CCCN2C(=O)c2ccoc2C2CC2)cc1. The predicted octanol–water partition coefficient (Wildman–Crippen LogP) is 3.68. The van der Waals surface area contributed by atoms with Crippen LogP contribution in [0.1, 0.15) is 60.2 Å². The number of rotatable bonds is 5. The van der Waals surface area contributed by atoms with Crippen molar-refractivity contribution in [2.45, 2.75) is 50.2 Å². The molecule has 2 aliphatic rings. The number of carbonyl (C=O) groups excluding carboxylic acids is 1. The van der Waals surface area contributed by atoms with Gasteiger partial charge < -0.3 is 19.2 Å². The molecule has 0 radical (unpaired) electrons. The summed E-state index contributed by atoms with van der Waals surface area (Å²) in [7, 11) is 1.62. The maximum atomic E-state index is 13.2. The molecule has 1 saturated heterocycles. The first kappa shape index (κ1) is 17.2. The van der Waals surface area contributed by atoms with E-state index in [1.54, 1.807) is 26.4 Å². The minimum absolute atomic E-state index is 0.0306. The number of likely N-dealkylation sites (tertiary alicyclic amines) is 1. The lowest BCUT2D eigenvalue weighted by molar-refractivity contribution is -0.0178. The zero-order chi connectivity index (χ0) is 18.3. The van der Waals surface area contributed by atoms with Crippen molar-refractivity contribution in [1.82, 2.24) is 4.90 Å². The van der Waals surface area contributed by atoms with Crippen molar-refractivity contribution >= 4 is 5.91 Å². The Labute approximate surface area is 153 Å². The molecule has 1 aromatic heterocycles. The van der Waals surface area contributed by atoms with Crippen molar-refractivity contribution in [2.24, 2.45) is 0 Å². The Morgan fingerprint density at radius 1 is 1.23 bits per heavy atom. The normalized spacial score (nSPS) is 22.3. The Kier molecular flexibility index (Phi) is 4.27. The van der Waals surface area contributed by atoms with Crippen LogP contribution in [0.15, 0.2) is 41.0 Å². The molecule has 1 saturated carbocycles.